The Morgan fingerprint density at radius 3 is 2.23 bits per heavy atom. The standard InChI is InChI=1S/C30H47FO6Si2/c1-19-15-24-23-12-11-21-16-22(33)17-26(36-38(5,6)7)28(21,4)29(23,31)14-13-27(24,3)30(19,37-39(8,9)10)25(34)18-35-20(2)32/h16-17,19,23-24H,11-15,18H2,1-10H3/t19-,23?,24?,27-,28+,29?,30-/m0/s1. The van der Waals surface area contributed by atoms with Crippen LogP contribution < -0.4 is 0 Å². The van der Waals surface area contributed by atoms with Crippen LogP contribution >= 0.6 is 0 Å². The van der Waals surface area contributed by atoms with E-state index in [4.69, 9.17) is 13.6 Å². The van der Waals surface area contributed by atoms with Crippen LogP contribution in [0.3, 0.4) is 0 Å². The van der Waals surface area contributed by atoms with Crippen molar-refractivity contribution in [2.45, 2.75) is 110 Å². The van der Waals surface area contributed by atoms with Crippen molar-refractivity contribution in [2.24, 2.45) is 28.6 Å². The van der Waals surface area contributed by atoms with E-state index in [9.17, 15) is 14.4 Å². The van der Waals surface area contributed by atoms with Gasteiger partial charge in [-0.15, -0.1) is 0 Å². The molecule has 39 heavy (non-hydrogen) atoms. The van der Waals surface area contributed by atoms with E-state index in [1.54, 1.807) is 6.08 Å². The number of fused-ring (bicyclic) bond motifs is 5. The first-order valence-electron chi connectivity index (χ1n) is 14.4. The second-order valence-corrected chi connectivity index (χ2v) is 23.6. The number of Topliss-reactive ketones (excluding diaryl/α,β-unsaturated/α-hetero) is 1. The number of allylic oxidation sites excluding steroid dienone is 3. The Morgan fingerprint density at radius 1 is 1.03 bits per heavy atom. The van der Waals surface area contributed by atoms with Gasteiger partial charge in [-0.05, 0) is 108 Å². The molecular weight excluding hydrogens is 531 g/mol. The van der Waals surface area contributed by atoms with E-state index in [1.165, 1.54) is 13.0 Å². The molecule has 0 N–H and O–H groups in total. The van der Waals surface area contributed by atoms with E-state index in [0.29, 0.717) is 31.4 Å². The fourth-order valence-electron chi connectivity index (χ4n) is 8.60. The monoisotopic (exact) mass is 578 g/mol. The van der Waals surface area contributed by atoms with Gasteiger partial charge in [0.2, 0.25) is 14.1 Å². The second-order valence-electron chi connectivity index (χ2n) is 14.7. The number of hydrogen-bond acceptors (Lipinski definition) is 6. The van der Waals surface area contributed by atoms with Gasteiger partial charge in [-0.1, -0.05) is 13.8 Å². The van der Waals surface area contributed by atoms with Crippen LogP contribution in [-0.4, -0.2) is 52.0 Å². The highest BCUT2D eigenvalue weighted by molar-refractivity contribution is 6.70. The molecule has 3 fully saturated rings. The third-order valence-corrected chi connectivity index (χ3v) is 11.8. The van der Waals surface area contributed by atoms with E-state index in [-0.39, 0.29) is 42.3 Å². The van der Waals surface area contributed by atoms with Gasteiger partial charge in [-0.2, -0.15) is 0 Å². The van der Waals surface area contributed by atoms with Gasteiger partial charge in [0.15, 0.2) is 20.7 Å². The molecule has 6 nitrogen and oxygen atoms in total. The van der Waals surface area contributed by atoms with Gasteiger partial charge in [-0.25, -0.2) is 4.39 Å². The zero-order valence-corrected chi connectivity index (χ0v) is 27.5. The van der Waals surface area contributed by atoms with Crippen molar-refractivity contribution >= 4 is 34.2 Å². The van der Waals surface area contributed by atoms with Crippen molar-refractivity contribution < 1.29 is 32.4 Å². The number of halogens is 1. The van der Waals surface area contributed by atoms with Crippen LogP contribution in [0.1, 0.15) is 59.8 Å². The Kier molecular flexibility index (Phi) is 7.38. The number of carbonyl (C=O) groups excluding carboxylic acids is 3. The van der Waals surface area contributed by atoms with Crippen LogP contribution in [0.25, 0.3) is 0 Å². The second kappa shape index (κ2) is 9.48. The Bertz CT molecular complexity index is 1140. The number of alkyl halides is 1. The fourth-order valence-corrected chi connectivity index (χ4v) is 11.0. The minimum Gasteiger partial charge on any atom is -0.546 e. The molecule has 0 aromatic rings. The summed E-state index contributed by atoms with van der Waals surface area (Å²) in [5.74, 6) is -0.955. The predicted octanol–water partition coefficient (Wildman–Crippen LogP) is 6.53. The van der Waals surface area contributed by atoms with Crippen molar-refractivity contribution in [1.29, 1.82) is 0 Å². The van der Waals surface area contributed by atoms with E-state index in [1.807, 2.05) is 13.8 Å². The van der Waals surface area contributed by atoms with Crippen LogP contribution in [0.5, 0.6) is 0 Å². The zero-order valence-electron chi connectivity index (χ0n) is 25.5. The molecule has 3 unspecified atom stereocenters. The Hall–Kier alpha value is -1.59. The number of carbonyl (C=O) groups is 3. The highest BCUT2D eigenvalue weighted by atomic mass is 28.4. The van der Waals surface area contributed by atoms with Gasteiger partial charge >= 0.3 is 5.97 Å². The van der Waals surface area contributed by atoms with Crippen LogP contribution in [-0.2, 0) is 28.0 Å². The van der Waals surface area contributed by atoms with Gasteiger partial charge in [0.25, 0.3) is 0 Å². The lowest BCUT2D eigenvalue weighted by atomic mass is 9.45. The molecule has 4 aliphatic rings. The fraction of sp³-hybridized carbons (Fsp3) is 0.767. The maximum Gasteiger partial charge on any atom is 0.303 e. The molecule has 0 saturated heterocycles. The molecule has 7 atom stereocenters. The molecule has 3 saturated carbocycles. The third kappa shape index (κ3) is 4.64. The highest BCUT2D eigenvalue weighted by Crippen LogP contribution is 2.72. The maximum atomic E-state index is 18.0. The Morgan fingerprint density at radius 2 is 1.67 bits per heavy atom. The highest BCUT2D eigenvalue weighted by Gasteiger charge is 2.75. The summed E-state index contributed by atoms with van der Waals surface area (Å²) < 4.78 is 36.6. The van der Waals surface area contributed by atoms with Gasteiger partial charge in [0.05, 0.1) is 11.2 Å². The Balaban J connectivity index is 1.81. The minimum atomic E-state index is -2.26. The quantitative estimate of drug-likeness (QED) is 0.252. The van der Waals surface area contributed by atoms with Crippen LogP contribution in [0, 0.1) is 28.6 Å². The van der Waals surface area contributed by atoms with Crippen LogP contribution in [0.2, 0.25) is 39.3 Å². The SMILES string of the molecule is CC(=O)OCC(=O)[C@@]1(O[Si](C)(C)C)[C@@H](C)CC2C3CCC4=CC(=O)C=C(O[Si](C)(C)C)[C@]4(C)C3(F)CC[C@@]21C. The smallest absolute Gasteiger partial charge is 0.303 e. The first-order valence-corrected chi connectivity index (χ1v) is 21.2. The van der Waals surface area contributed by atoms with Crippen molar-refractivity contribution in [3.05, 3.63) is 23.5 Å². The topological polar surface area (TPSA) is 78.9 Å². The minimum absolute atomic E-state index is 0.104. The normalized spacial score (nSPS) is 40.1. The Labute approximate surface area is 235 Å². The van der Waals surface area contributed by atoms with E-state index in [0.717, 1.165) is 5.57 Å². The average Bonchev–Trinajstić information content (AvgIpc) is 2.99. The third-order valence-electron chi connectivity index (χ3n) is 10.0. The zero-order chi connectivity index (χ0) is 29.4. The summed E-state index contributed by atoms with van der Waals surface area (Å²) in [6.45, 7) is 19.4. The molecular formula is C30H47FO6Si2. The lowest BCUT2D eigenvalue weighted by molar-refractivity contribution is -0.183. The lowest BCUT2D eigenvalue weighted by Gasteiger charge is -2.62. The summed E-state index contributed by atoms with van der Waals surface area (Å²) in [5, 5.41) is 0. The number of hydrogen-bond donors (Lipinski definition) is 0. The maximum absolute atomic E-state index is 18.0. The van der Waals surface area contributed by atoms with Gasteiger partial charge < -0.3 is 13.6 Å². The molecule has 0 aromatic carbocycles. The number of ketones is 2. The van der Waals surface area contributed by atoms with Gasteiger partial charge in [0.1, 0.15) is 11.3 Å². The summed E-state index contributed by atoms with van der Waals surface area (Å²) in [6.07, 6.45) is 5.73. The summed E-state index contributed by atoms with van der Waals surface area (Å²) in [5.41, 5.74) is -3.59. The number of esters is 1. The molecule has 0 aliphatic heterocycles. The number of rotatable bonds is 7. The molecule has 0 bridgehead atoms. The molecule has 4 aliphatic carbocycles. The molecule has 0 radical (unpaired) electrons. The summed E-state index contributed by atoms with van der Waals surface area (Å²) >= 11 is 0. The summed E-state index contributed by atoms with van der Waals surface area (Å²) in [4.78, 5) is 38.4. The average molecular weight is 579 g/mol. The molecule has 0 heterocycles. The molecule has 0 aromatic heterocycles. The van der Waals surface area contributed by atoms with Gasteiger partial charge in [-0.3, -0.25) is 14.4 Å². The van der Waals surface area contributed by atoms with Crippen molar-refractivity contribution in [1.82, 2.24) is 0 Å². The van der Waals surface area contributed by atoms with Crippen LogP contribution in [0.4, 0.5) is 4.39 Å². The lowest BCUT2D eigenvalue weighted by Crippen LogP contribution is -2.67. The molecule has 0 amide bonds. The van der Waals surface area contributed by atoms with E-state index < -0.39 is 44.7 Å². The molecule has 4 rings (SSSR count). The van der Waals surface area contributed by atoms with Crippen molar-refractivity contribution in [2.75, 3.05) is 6.61 Å². The van der Waals surface area contributed by atoms with Gasteiger partial charge in [0, 0.05) is 18.4 Å². The first-order chi connectivity index (χ1) is 17.7. The van der Waals surface area contributed by atoms with Crippen molar-refractivity contribution in [3.63, 3.8) is 0 Å². The molecule has 0 spiro atoms. The summed E-state index contributed by atoms with van der Waals surface area (Å²) in [7, 11) is -4.39. The molecule has 9 heteroatoms. The predicted molar refractivity (Wildman–Crippen MR) is 154 cm³/mol. The summed E-state index contributed by atoms with van der Waals surface area (Å²) in [6, 6.07) is 0. The molecule has 218 valence electrons. The van der Waals surface area contributed by atoms with E-state index in [2.05, 4.69) is 46.2 Å². The van der Waals surface area contributed by atoms with E-state index >= 15 is 4.39 Å². The van der Waals surface area contributed by atoms with Crippen molar-refractivity contribution in [3.8, 4) is 0 Å². The largest absolute Gasteiger partial charge is 0.546 e. The number of ether oxygens (including phenoxy) is 1. The first kappa shape index (κ1) is 30.4. The van der Waals surface area contributed by atoms with Crippen LogP contribution in [0.15, 0.2) is 23.5 Å².